The lowest BCUT2D eigenvalue weighted by Crippen LogP contribution is -2.19. The lowest BCUT2D eigenvalue weighted by atomic mass is 10.2. The minimum Gasteiger partial charge on any atom is -0.374 e. The molecule has 7 nitrogen and oxygen atoms in total. The Morgan fingerprint density at radius 2 is 1.43 bits per heavy atom. The average molecular weight is 376 g/mol. The van der Waals surface area contributed by atoms with Gasteiger partial charge in [-0.2, -0.15) is 0 Å². The summed E-state index contributed by atoms with van der Waals surface area (Å²) in [6.45, 7) is 3.13. The van der Waals surface area contributed by atoms with Crippen LogP contribution >= 0.6 is 0 Å². The van der Waals surface area contributed by atoms with Crippen molar-refractivity contribution in [2.75, 3.05) is 10.6 Å². The third kappa shape index (κ3) is 3.01. The largest absolute Gasteiger partial charge is 0.374 e. The molecule has 3 N–H and O–H groups in total. The summed E-state index contributed by atoms with van der Waals surface area (Å²) in [6, 6.07) is 14.5. The van der Waals surface area contributed by atoms with Crippen LogP contribution in [0.5, 0.6) is 0 Å². The lowest BCUT2D eigenvalue weighted by molar-refractivity contribution is 0.0941. The van der Waals surface area contributed by atoms with Crippen LogP contribution in [0.1, 0.15) is 24.9 Å². The van der Waals surface area contributed by atoms with Crippen molar-refractivity contribution >= 4 is 45.1 Å². The zero-order valence-corrected chi connectivity index (χ0v) is 15.5. The van der Waals surface area contributed by atoms with Crippen molar-refractivity contribution in [2.24, 2.45) is 0 Å². The molecule has 0 saturated heterocycles. The molecular weight excluding hydrogens is 356 g/mol. The smallest absolute Gasteiger partial charge is 0.323 e. The molecule has 0 bridgehead atoms. The SMILES string of the molecule is CC(=O)n1cc(NC(=O)Nc2cn(C(C)O)c3ccccc23)c2ccccc21. The van der Waals surface area contributed by atoms with Crippen molar-refractivity contribution in [2.45, 2.75) is 20.1 Å². The Morgan fingerprint density at radius 3 is 2.04 bits per heavy atom. The maximum atomic E-state index is 12.6. The molecule has 2 aromatic carbocycles. The number of amides is 2. The van der Waals surface area contributed by atoms with Gasteiger partial charge in [0.2, 0.25) is 5.91 Å². The van der Waals surface area contributed by atoms with Crippen LogP contribution in [-0.4, -0.2) is 26.2 Å². The Balaban J connectivity index is 1.65. The maximum Gasteiger partial charge on any atom is 0.323 e. The van der Waals surface area contributed by atoms with Crippen molar-refractivity contribution in [1.29, 1.82) is 0 Å². The first kappa shape index (κ1) is 17.8. The van der Waals surface area contributed by atoms with E-state index in [1.807, 2.05) is 48.5 Å². The Kier molecular flexibility index (Phi) is 4.37. The van der Waals surface area contributed by atoms with Crippen LogP contribution < -0.4 is 10.6 Å². The number of nitrogens with one attached hydrogen (secondary N) is 2. The molecule has 2 heterocycles. The van der Waals surface area contributed by atoms with E-state index in [4.69, 9.17) is 0 Å². The van der Waals surface area contributed by atoms with Crippen molar-refractivity contribution in [3.8, 4) is 0 Å². The number of urea groups is 1. The van der Waals surface area contributed by atoms with Gasteiger partial charge in [0, 0.05) is 30.1 Å². The highest BCUT2D eigenvalue weighted by Crippen LogP contribution is 2.29. The van der Waals surface area contributed by atoms with Crippen molar-refractivity contribution in [3.05, 3.63) is 60.9 Å². The van der Waals surface area contributed by atoms with Crippen LogP contribution in [0.3, 0.4) is 0 Å². The van der Waals surface area contributed by atoms with Gasteiger partial charge in [-0.3, -0.25) is 9.36 Å². The van der Waals surface area contributed by atoms with Crippen LogP contribution in [0.15, 0.2) is 60.9 Å². The highest BCUT2D eigenvalue weighted by molar-refractivity contribution is 6.10. The molecule has 0 fully saturated rings. The predicted molar refractivity (Wildman–Crippen MR) is 110 cm³/mol. The fraction of sp³-hybridized carbons (Fsp3) is 0.143. The number of anilines is 2. The molecular formula is C21H20N4O3. The zero-order valence-electron chi connectivity index (χ0n) is 15.5. The number of hydrogen-bond donors (Lipinski definition) is 3. The van der Waals surface area contributed by atoms with Gasteiger partial charge in [0.05, 0.1) is 22.4 Å². The van der Waals surface area contributed by atoms with Crippen molar-refractivity contribution in [3.63, 3.8) is 0 Å². The summed E-state index contributed by atoms with van der Waals surface area (Å²) in [4.78, 5) is 24.5. The van der Waals surface area contributed by atoms with E-state index >= 15 is 0 Å². The minimum absolute atomic E-state index is 0.135. The molecule has 1 atom stereocenters. The summed E-state index contributed by atoms with van der Waals surface area (Å²) in [5, 5.41) is 17.2. The Hall–Kier alpha value is -3.58. The summed E-state index contributed by atoms with van der Waals surface area (Å²) in [5.41, 5.74) is 2.68. The van der Waals surface area contributed by atoms with Gasteiger partial charge < -0.3 is 20.3 Å². The summed E-state index contributed by atoms with van der Waals surface area (Å²) >= 11 is 0. The van der Waals surface area contributed by atoms with E-state index < -0.39 is 12.3 Å². The normalized spacial score (nSPS) is 12.2. The van der Waals surface area contributed by atoms with E-state index in [0.29, 0.717) is 11.4 Å². The first-order chi connectivity index (χ1) is 13.5. The Morgan fingerprint density at radius 1 is 0.893 bits per heavy atom. The summed E-state index contributed by atoms with van der Waals surface area (Å²) in [7, 11) is 0. The first-order valence-corrected chi connectivity index (χ1v) is 8.92. The number of nitrogens with zero attached hydrogens (tertiary/aromatic N) is 2. The average Bonchev–Trinajstić information content (AvgIpc) is 3.21. The quantitative estimate of drug-likeness (QED) is 0.495. The number of carbonyl (C=O) groups excluding carboxylic acids is 2. The Labute approximate surface area is 161 Å². The molecule has 2 amide bonds. The van der Waals surface area contributed by atoms with Crippen molar-refractivity contribution < 1.29 is 14.7 Å². The summed E-state index contributed by atoms with van der Waals surface area (Å²) in [6.07, 6.45) is 2.59. The van der Waals surface area contributed by atoms with Gasteiger partial charge in [-0.25, -0.2) is 4.79 Å². The van der Waals surface area contributed by atoms with Gasteiger partial charge in [0.15, 0.2) is 0 Å². The number of hydrogen-bond acceptors (Lipinski definition) is 3. The standard InChI is InChI=1S/C21H20N4O3/c1-13(26)24-11-17(15-7-3-5-9-19(15)24)22-21(28)23-18-12-25(14(2)27)20-10-6-4-8-16(18)20/h3-13,26H,1-2H3,(H2,22,23,28). The molecule has 0 aliphatic carbocycles. The lowest BCUT2D eigenvalue weighted by Gasteiger charge is -2.07. The molecule has 0 aliphatic rings. The van der Waals surface area contributed by atoms with E-state index in [-0.39, 0.29) is 5.91 Å². The summed E-state index contributed by atoms with van der Waals surface area (Å²) < 4.78 is 3.19. The third-order valence-electron chi connectivity index (χ3n) is 4.69. The van der Waals surface area contributed by atoms with E-state index in [0.717, 1.165) is 21.8 Å². The molecule has 142 valence electrons. The van der Waals surface area contributed by atoms with E-state index in [1.54, 1.807) is 23.9 Å². The van der Waals surface area contributed by atoms with Gasteiger partial charge >= 0.3 is 6.03 Å². The van der Waals surface area contributed by atoms with Gasteiger partial charge in [-0.05, 0) is 19.1 Å². The highest BCUT2D eigenvalue weighted by Gasteiger charge is 2.16. The van der Waals surface area contributed by atoms with E-state index in [1.165, 1.54) is 11.5 Å². The number of aromatic nitrogens is 2. The van der Waals surface area contributed by atoms with Crippen LogP contribution in [0, 0.1) is 0 Å². The molecule has 4 rings (SSSR count). The maximum absolute atomic E-state index is 12.6. The summed E-state index contributed by atoms with van der Waals surface area (Å²) in [5.74, 6) is -0.135. The molecule has 2 aromatic heterocycles. The highest BCUT2D eigenvalue weighted by atomic mass is 16.3. The number of para-hydroxylation sites is 2. The molecule has 0 saturated carbocycles. The third-order valence-corrected chi connectivity index (χ3v) is 4.69. The van der Waals surface area contributed by atoms with Crippen molar-refractivity contribution in [1.82, 2.24) is 9.13 Å². The number of aliphatic hydroxyl groups excluding tert-OH is 1. The second kappa shape index (κ2) is 6.86. The Bertz CT molecular complexity index is 1200. The topological polar surface area (TPSA) is 88.3 Å². The molecule has 28 heavy (non-hydrogen) atoms. The fourth-order valence-electron chi connectivity index (χ4n) is 3.43. The zero-order chi connectivity index (χ0) is 19.8. The minimum atomic E-state index is -0.725. The monoisotopic (exact) mass is 376 g/mol. The van der Waals surface area contributed by atoms with Crippen LogP contribution in [0.25, 0.3) is 21.8 Å². The van der Waals surface area contributed by atoms with Gasteiger partial charge in [0.25, 0.3) is 0 Å². The van der Waals surface area contributed by atoms with Gasteiger partial charge in [-0.15, -0.1) is 0 Å². The predicted octanol–water partition coefficient (Wildman–Crippen LogP) is 4.41. The first-order valence-electron chi connectivity index (χ1n) is 8.92. The molecule has 7 heteroatoms. The van der Waals surface area contributed by atoms with Crippen LogP contribution in [0.4, 0.5) is 16.2 Å². The van der Waals surface area contributed by atoms with Gasteiger partial charge in [0.1, 0.15) is 6.23 Å². The fourth-order valence-corrected chi connectivity index (χ4v) is 3.43. The van der Waals surface area contributed by atoms with Gasteiger partial charge in [-0.1, -0.05) is 36.4 Å². The molecule has 4 aromatic rings. The molecule has 1 unspecified atom stereocenters. The number of carbonyl (C=O) groups is 2. The number of fused-ring (bicyclic) bond motifs is 2. The van der Waals surface area contributed by atoms with E-state index in [9.17, 15) is 14.7 Å². The second-order valence-corrected chi connectivity index (χ2v) is 6.63. The van der Waals surface area contributed by atoms with Crippen LogP contribution in [-0.2, 0) is 0 Å². The second-order valence-electron chi connectivity index (χ2n) is 6.63. The molecule has 0 radical (unpaired) electrons. The van der Waals surface area contributed by atoms with E-state index in [2.05, 4.69) is 10.6 Å². The molecule has 0 spiro atoms. The molecule has 0 aliphatic heterocycles. The number of benzene rings is 2. The number of rotatable bonds is 3. The van der Waals surface area contributed by atoms with Crippen LogP contribution in [0.2, 0.25) is 0 Å². The number of aliphatic hydroxyl groups is 1.